The number of rotatable bonds is 4. The van der Waals surface area contributed by atoms with Gasteiger partial charge in [0.15, 0.2) is 5.65 Å². The summed E-state index contributed by atoms with van der Waals surface area (Å²) in [6, 6.07) is 10.7. The van der Waals surface area contributed by atoms with Crippen LogP contribution in [0.15, 0.2) is 61.3 Å². The molecule has 1 saturated heterocycles. The van der Waals surface area contributed by atoms with Gasteiger partial charge in [-0.3, -0.25) is 9.67 Å². The zero-order valence-corrected chi connectivity index (χ0v) is 18.7. The first kappa shape index (κ1) is 19.9. The first-order valence-corrected chi connectivity index (χ1v) is 11.2. The summed E-state index contributed by atoms with van der Waals surface area (Å²) >= 11 is 0. The van der Waals surface area contributed by atoms with E-state index in [0.717, 1.165) is 65.4 Å². The van der Waals surface area contributed by atoms with E-state index in [9.17, 15) is 0 Å². The third-order valence-corrected chi connectivity index (χ3v) is 6.43. The fourth-order valence-corrected chi connectivity index (χ4v) is 4.49. The standard InChI is InChI=1S/C25H25N7O/c1-17(22-15-28-32-6-5-24(29-25(22)32)20-13-27-30(2)16-20)18-3-4-23-19(11-18)12-21(14-26-23)31-7-9-33-10-8-31/h3-6,11-17H,7-10H2,1-2H3/t17-/m0/s1. The van der Waals surface area contributed by atoms with Gasteiger partial charge in [-0.2, -0.15) is 10.2 Å². The smallest absolute Gasteiger partial charge is 0.159 e. The molecule has 166 valence electrons. The van der Waals surface area contributed by atoms with Crippen molar-refractivity contribution in [3.05, 3.63) is 72.4 Å². The monoisotopic (exact) mass is 439 g/mol. The number of aryl methyl sites for hydroxylation is 1. The fourth-order valence-electron chi connectivity index (χ4n) is 4.49. The Morgan fingerprint density at radius 1 is 1.00 bits per heavy atom. The van der Waals surface area contributed by atoms with Gasteiger partial charge >= 0.3 is 0 Å². The first-order chi connectivity index (χ1) is 16.2. The van der Waals surface area contributed by atoms with Crippen LogP contribution in [-0.4, -0.2) is 55.7 Å². The Labute approximate surface area is 191 Å². The van der Waals surface area contributed by atoms with Crippen molar-refractivity contribution in [3.8, 4) is 11.3 Å². The molecule has 1 aliphatic heterocycles. The zero-order chi connectivity index (χ0) is 22.4. The lowest BCUT2D eigenvalue weighted by atomic mass is 9.94. The molecule has 6 rings (SSSR count). The van der Waals surface area contributed by atoms with E-state index in [1.165, 1.54) is 5.56 Å². The number of hydrogen-bond donors (Lipinski definition) is 0. The van der Waals surface area contributed by atoms with Gasteiger partial charge in [-0.1, -0.05) is 13.0 Å². The number of morpholine rings is 1. The molecule has 0 N–H and O–H groups in total. The Kier molecular flexibility index (Phi) is 4.80. The molecule has 4 aromatic heterocycles. The Morgan fingerprint density at radius 2 is 1.88 bits per heavy atom. The van der Waals surface area contributed by atoms with Crippen molar-refractivity contribution >= 4 is 22.2 Å². The number of anilines is 1. The van der Waals surface area contributed by atoms with Crippen LogP contribution in [0.2, 0.25) is 0 Å². The summed E-state index contributed by atoms with van der Waals surface area (Å²) in [5.41, 5.74) is 7.21. The fraction of sp³-hybridized carbons (Fsp3) is 0.280. The van der Waals surface area contributed by atoms with Crippen molar-refractivity contribution < 1.29 is 4.74 Å². The van der Waals surface area contributed by atoms with E-state index >= 15 is 0 Å². The zero-order valence-electron chi connectivity index (χ0n) is 18.7. The molecular weight excluding hydrogens is 414 g/mol. The van der Waals surface area contributed by atoms with Crippen LogP contribution in [0, 0.1) is 0 Å². The van der Waals surface area contributed by atoms with Gasteiger partial charge in [-0.25, -0.2) is 9.50 Å². The second kappa shape index (κ2) is 7.97. The van der Waals surface area contributed by atoms with Crippen molar-refractivity contribution in [1.82, 2.24) is 29.4 Å². The average molecular weight is 440 g/mol. The minimum Gasteiger partial charge on any atom is -0.378 e. The number of benzene rings is 1. The lowest BCUT2D eigenvalue weighted by molar-refractivity contribution is 0.122. The summed E-state index contributed by atoms with van der Waals surface area (Å²) in [5, 5.41) is 9.96. The largest absolute Gasteiger partial charge is 0.378 e. The molecule has 33 heavy (non-hydrogen) atoms. The Hall–Kier alpha value is -3.78. The van der Waals surface area contributed by atoms with Crippen LogP contribution in [-0.2, 0) is 11.8 Å². The van der Waals surface area contributed by atoms with E-state index in [1.54, 1.807) is 4.68 Å². The first-order valence-electron chi connectivity index (χ1n) is 11.2. The summed E-state index contributed by atoms with van der Waals surface area (Å²) < 4.78 is 9.12. The van der Waals surface area contributed by atoms with Gasteiger partial charge in [0.2, 0.25) is 0 Å². The molecule has 1 atom stereocenters. The second-order valence-electron chi connectivity index (χ2n) is 8.55. The van der Waals surface area contributed by atoms with Crippen LogP contribution in [0.5, 0.6) is 0 Å². The third kappa shape index (κ3) is 3.62. The maximum absolute atomic E-state index is 5.49. The summed E-state index contributed by atoms with van der Waals surface area (Å²) in [6.45, 7) is 5.53. The quantitative estimate of drug-likeness (QED) is 0.426. The number of ether oxygens (including phenoxy) is 1. The molecule has 0 bridgehead atoms. The van der Waals surface area contributed by atoms with Crippen LogP contribution >= 0.6 is 0 Å². The summed E-state index contributed by atoms with van der Waals surface area (Å²) in [5.74, 6) is 0.135. The normalized spacial score (nSPS) is 15.4. The predicted molar refractivity (Wildman–Crippen MR) is 127 cm³/mol. The van der Waals surface area contributed by atoms with Crippen molar-refractivity contribution in [2.24, 2.45) is 7.05 Å². The van der Waals surface area contributed by atoms with E-state index in [-0.39, 0.29) is 5.92 Å². The van der Waals surface area contributed by atoms with E-state index in [1.807, 2.05) is 48.6 Å². The Morgan fingerprint density at radius 3 is 2.70 bits per heavy atom. The SMILES string of the molecule is C[C@@H](c1ccc2ncc(N3CCOCC3)cc2c1)c1cnn2ccc(-c3cnn(C)c3)nc12. The van der Waals surface area contributed by atoms with Gasteiger partial charge in [0.05, 0.1) is 48.7 Å². The Balaban J connectivity index is 1.37. The van der Waals surface area contributed by atoms with Crippen LogP contribution in [0.3, 0.4) is 0 Å². The number of hydrogen-bond acceptors (Lipinski definition) is 6. The highest BCUT2D eigenvalue weighted by molar-refractivity contribution is 5.83. The van der Waals surface area contributed by atoms with Crippen LogP contribution in [0.25, 0.3) is 27.8 Å². The lowest BCUT2D eigenvalue weighted by Gasteiger charge is -2.28. The van der Waals surface area contributed by atoms with Crippen LogP contribution in [0.4, 0.5) is 5.69 Å². The molecule has 1 fully saturated rings. The van der Waals surface area contributed by atoms with Crippen LogP contribution in [0.1, 0.15) is 24.0 Å². The van der Waals surface area contributed by atoms with E-state index in [4.69, 9.17) is 14.7 Å². The molecule has 8 heteroatoms. The third-order valence-electron chi connectivity index (χ3n) is 6.43. The molecule has 0 amide bonds. The summed E-state index contributed by atoms with van der Waals surface area (Å²) in [6.07, 6.45) is 9.65. The minimum atomic E-state index is 0.135. The molecule has 0 aliphatic carbocycles. The van der Waals surface area contributed by atoms with Crippen molar-refractivity contribution in [1.29, 1.82) is 0 Å². The van der Waals surface area contributed by atoms with E-state index < -0.39 is 0 Å². The Bertz CT molecular complexity index is 1450. The molecular formula is C25H25N7O. The highest BCUT2D eigenvalue weighted by atomic mass is 16.5. The predicted octanol–water partition coefficient (Wildman–Crippen LogP) is 3.67. The molecule has 0 unspecified atom stereocenters. The van der Waals surface area contributed by atoms with E-state index in [0.29, 0.717) is 0 Å². The summed E-state index contributed by atoms with van der Waals surface area (Å²) in [4.78, 5) is 12.0. The highest BCUT2D eigenvalue weighted by Crippen LogP contribution is 2.31. The van der Waals surface area contributed by atoms with Gasteiger partial charge in [0.1, 0.15) is 0 Å². The van der Waals surface area contributed by atoms with Gasteiger partial charge in [-0.15, -0.1) is 0 Å². The minimum absolute atomic E-state index is 0.135. The molecule has 1 aromatic carbocycles. The number of pyridine rings is 1. The molecule has 0 radical (unpaired) electrons. The second-order valence-corrected chi connectivity index (χ2v) is 8.55. The topological polar surface area (TPSA) is 73.4 Å². The number of fused-ring (bicyclic) bond motifs is 2. The molecule has 1 aliphatic rings. The maximum atomic E-state index is 5.49. The maximum Gasteiger partial charge on any atom is 0.159 e. The molecule has 8 nitrogen and oxygen atoms in total. The summed E-state index contributed by atoms with van der Waals surface area (Å²) in [7, 11) is 1.91. The van der Waals surface area contributed by atoms with Gasteiger partial charge < -0.3 is 9.64 Å². The lowest BCUT2D eigenvalue weighted by Crippen LogP contribution is -2.36. The molecule has 5 heterocycles. The number of nitrogens with zero attached hydrogens (tertiary/aromatic N) is 7. The number of aromatic nitrogens is 6. The van der Waals surface area contributed by atoms with Crippen molar-refractivity contribution in [2.45, 2.75) is 12.8 Å². The van der Waals surface area contributed by atoms with Gasteiger partial charge in [-0.05, 0) is 29.8 Å². The average Bonchev–Trinajstić information content (AvgIpc) is 3.49. The highest BCUT2D eigenvalue weighted by Gasteiger charge is 2.18. The molecule has 0 saturated carbocycles. The van der Waals surface area contributed by atoms with Gasteiger partial charge in [0, 0.05) is 55.0 Å². The van der Waals surface area contributed by atoms with Crippen LogP contribution < -0.4 is 4.90 Å². The van der Waals surface area contributed by atoms with Crippen molar-refractivity contribution in [3.63, 3.8) is 0 Å². The molecule has 5 aromatic rings. The molecule has 0 spiro atoms. The van der Waals surface area contributed by atoms with E-state index in [2.05, 4.69) is 46.3 Å². The van der Waals surface area contributed by atoms with Crippen molar-refractivity contribution in [2.75, 3.05) is 31.2 Å². The van der Waals surface area contributed by atoms with Gasteiger partial charge in [0.25, 0.3) is 0 Å².